The van der Waals surface area contributed by atoms with Crippen molar-refractivity contribution in [3.63, 3.8) is 0 Å². The van der Waals surface area contributed by atoms with Gasteiger partial charge >= 0.3 is 0 Å². The first-order chi connectivity index (χ1) is 11.8. The van der Waals surface area contributed by atoms with E-state index in [2.05, 4.69) is 15.2 Å². The van der Waals surface area contributed by atoms with E-state index >= 15 is 0 Å². The van der Waals surface area contributed by atoms with Crippen LogP contribution >= 0.6 is 0 Å². The van der Waals surface area contributed by atoms with Gasteiger partial charge in [-0.05, 0) is 43.5 Å². The molecule has 4 rings (SSSR count). The van der Waals surface area contributed by atoms with E-state index in [1.54, 1.807) is 6.20 Å². The van der Waals surface area contributed by atoms with Crippen molar-refractivity contribution in [3.8, 4) is 0 Å². The van der Waals surface area contributed by atoms with Gasteiger partial charge in [-0.3, -0.25) is 9.78 Å². The number of nitrogens with zero attached hydrogens (tertiary/aromatic N) is 5. The van der Waals surface area contributed by atoms with E-state index in [0.717, 1.165) is 42.5 Å². The van der Waals surface area contributed by atoms with Gasteiger partial charge in [0.15, 0.2) is 0 Å². The number of hydrogen-bond donors (Lipinski definition) is 0. The fourth-order valence-corrected chi connectivity index (χ4v) is 3.30. The summed E-state index contributed by atoms with van der Waals surface area (Å²) in [5.41, 5.74) is 2.58. The van der Waals surface area contributed by atoms with E-state index in [-0.39, 0.29) is 18.5 Å². The van der Waals surface area contributed by atoms with Crippen molar-refractivity contribution in [2.45, 2.75) is 31.8 Å². The van der Waals surface area contributed by atoms with Crippen LogP contribution in [0, 0.1) is 0 Å². The molecule has 6 nitrogen and oxygen atoms in total. The molecule has 1 aliphatic heterocycles. The topological polar surface area (TPSA) is 63.9 Å². The molecule has 1 fully saturated rings. The lowest BCUT2D eigenvalue weighted by molar-refractivity contribution is -0.136. The molecule has 1 atom stereocenters. The van der Waals surface area contributed by atoms with Gasteiger partial charge in [0.05, 0.1) is 11.7 Å². The molecule has 3 heterocycles. The number of fused-ring (bicyclic) bond motifs is 1. The molecule has 3 aromatic rings. The maximum atomic E-state index is 12.8. The third-order valence-electron chi connectivity index (χ3n) is 4.46. The van der Waals surface area contributed by atoms with Gasteiger partial charge in [-0.2, -0.15) is 15.0 Å². The summed E-state index contributed by atoms with van der Waals surface area (Å²) in [5, 5.41) is 8.78. The molecule has 0 N–H and O–H groups in total. The lowest BCUT2D eigenvalue weighted by atomic mass is 9.98. The van der Waals surface area contributed by atoms with Gasteiger partial charge in [0.1, 0.15) is 17.6 Å². The summed E-state index contributed by atoms with van der Waals surface area (Å²) < 4.78 is 0. The maximum absolute atomic E-state index is 12.8. The van der Waals surface area contributed by atoms with Crippen LogP contribution in [0.4, 0.5) is 0 Å². The predicted molar refractivity (Wildman–Crippen MR) is 90.1 cm³/mol. The Bertz CT molecular complexity index is 812. The molecular weight excluding hydrogens is 302 g/mol. The molecule has 0 aliphatic carbocycles. The zero-order valence-electron chi connectivity index (χ0n) is 13.4. The van der Waals surface area contributed by atoms with Crippen molar-refractivity contribution in [2.75, 3.05) is 6.54 Å². The second kappa shape index (κ2) is 6.39. The number of carbonyl (C=O) groups excluding carboxylic acids is 1. The van der Waals surface area contributed by atoms with Gasteiger partial charge in [0.25, 0.3) is 0 Å². The summed E-state index contributed by atoms with van der Waals surface area (Å²) in [6, 6.07) is 13.6. The van der Waals surface area contributed by atoms with E-state index in [0.29, 0.717) is 0 Å². The fraction of sp³-hybridized carbons (Fsp3) is 0.333. The van der Waals surface area contributed by atoms with Gasteiger partial charge < -0.3 is 4.90 Å². The van der Waals surface area contributed by atoms with E-state index < -0.39 is 0 Å². The lowest BCUT2D eigenvalue weighted by Gasteiger charge is -2.35. The number of carbonyl (C=O) groups is 1. The third kappa shape index (κ3) is 2.87. The quantitative estimate of drug-likeness (QED) is 0.744. The Morgan fingerprint density at radius 3 is 2.50 bits per heavy atom. The second-order valence-corrected chi connectivity index (χ2v) is 6.07. The summed E-state index contributed by atoms with van der Waals surface area (Å²) >= 11 is 0. The number of aromatic nitrogens is 4. The molecule has 6 heteroatoms. The molecule has 1 aliphatic rings. The molecule has 24 heavy (non-hydrogen) atoms. The Morgan fingerprint density at radius 1 is 1.04 bits per heavy atom. The van der Waals surface area contributed by atoms with E-state index in [1.165, 1.54) is 4.80 Å². The van der Waals surface area contributed by atoms with Gasteiger partial charge in [0.2, 0.25) is 5.91 Å². The molecule has 1 saturated heterocycles. The SMILES string of the molecule is O=C(Cn1nc2ccccc2n1)N1CCCCC1c1ccccn1. The Labute approximate surface area is 140 Å². The number of hydrogen-bond acceptors (Lipinski definition) is 4. The van der Waals surface area contributed by atoms with E-state index in [4.69, 9.17) is 0 Å². The van der Waals surface area contributed by atoms with Crippen LogP contribution in [-0.4, -0.2) is 37.3 Å². The van der Waals surface area contributed by atoms with Crippen LogP contribution in [0.15, 0.2) is 48.7 Å². The minimum Gasteiger partial charge on any atom is -0.332 e. The number of piperidine rings is 1. The van der Waals surface area contributed by atoms with Crippen LogP contribution in [0.1, 0.15) is 31.0 Å². The highest BCUT2D eigenvalue weighted by molar-refractivity contribution is 5.77. The molecule has 1 aromatic carbocycles. The standard InChI is InChI=1S/C18H19N5O/c24-18(13-23-20-14-7-1-2-8-15(14)21-23)22-12-6-4-10-17(22)16-9-3-5-11-19-16/h1-3,5,7-9,11,17H,4,6,10,12-13H2. The van der Waals surface area contributed by atoms with Crippen molar-refractivity contribution >= 4 is 16.9 Å². The summed E-state index contributed by atoms with van der Waals surface area (Å²) in [7, 11) is 0. The first-order valence-corrected chi connectivity index (χ1v) is 8.31. The molecule has 2 aromatic heterocycles. The van der Waals surface area contributed by atoms with Gasteiger partial charge in [-0.15, -0.1) is 0 Å². The first kappa shape index (κ1) is 14.8. The molecule has 122 valence electrons. The maximum Gasteiger partial charge on any atom is 0.246 e. The van der Waals surface area contributed by atoms with Gasteiger partial charge in [-0.25, -0.2) is 0 Å². The highest BCUT2D eigenvalue weighted by Gasteiger charge is 2.29. The fourth-order valence-electron chi connectivity index (χ4n) is 3.30. The van der Waals surface area contributed by atoms with Crippen LogP contribution in [0.2, 0.25) is 0 Å². The van der Waals surface area contributed by atoms with Crippen LogP contribution < -0.4 is 0 Å². The third-order valence-corrected chi connectivity index (χ3v) is 4.46. The molecule has 1 unspecified atom stereocenters. The predicted octanol–water partition coefficient (Wildman–Crippen LogP) is 2.58. The smallest absolute Gasteiger partial charge is 0.246 e. The molecule has 1 amide bonds. The van der Waals surface area contributed by atoms with Crippen LogP contribution in [-0.2, 0) is 11.3 Å². The number of likely N-dealkylation sites (tertiary alicyclic amines) is 1. The number of benzene rings is 1. The Kier molecular flexibility index (Phi) is 3.94. The normalized spacial score (nSPS) is 18.0. The monoisotopic (exact) mass is 321 g/mol. The van der Waals surface area contributed by atoms with Crippen LogP contribution in [0.5, 0.6) is 0 Å². The minimum absolute atomic E-state index is 0.0469. The molecule has 0 bridgehead atoms. The molecular formula is C18H19N5O. The van der Waals surface area contributed by atoms with Crippen molar-refractivity contribution in [1.82, 2.24) is 24.9 Å². The molecule has 0 radical (unpaired) electrons. The summed E-state index contributed by atoms with van der Waals surface area (Å²) in [4.78, 5) is 20.7. The number of rotatable bonds is 3. The summed E-state index contributed by atoms with van der Waals surface area (Å²) in [6.45, 7) is 0.929. The summed E-state index contributed by atoms with van der Waals surface area (Å²) in [5.74, 6) is 0.0469. The van der Waals surface area contributed by atoms with Gasteiger partial charge in [-0.1, -0.05) is 18.2 Å². The average molecular weight is 321 g/mol. The first-order valence-electron chi connectivity index (χ1n) is 8.31. The average Bonchev–Trinajstić information content (AvgIpc) is 3.04. The van der Waals surface area contributed by atoms with Crippen molar-refractivity contribution in [2.24, 2.45) is 0 Å². The van der Waals surface area contributed by atoms with Crippen LogP contribution in [0.3, 0.4) is 0 Å². The van der Waals surface area contributed by atoms with Gasteiger partial charge in [0, 0.05) is 12.7 Å². The highest BCUT2D eigenvalue weighted by atomic mass is 16.2. The van der Waals surface area contributed by atoms with Crippen LogP contribution in [0.25, 0.3) is 11.0 Å². The number of pyridine rings is 1. The highest BCUT2D eigenvalue weighted by Crippen LogP contribution is 2.29. The largest absolute Gasteiger partial charge is 0.332 e. The van der Waals surface area contributed by atoms with Crippen molar-refractivity contribution in [1.29, 1.82) is 0 Å². The lowest BCUT2D eigenvalue weighted by Crippen LogP contribution is -2.40. The molecule has 0 saturated carbocycles. The number of amides is 1. The Balaban J connectivity index is 1.55. The molecule has 0 spiro atoms. The second-order valence-electron chi connectivity index (χ2n) is 6.07. The zero-order chi connectivity index (χ0) is 16.4. The van der Waals surface area contributed by atoms with Crippen molar-refractivity contribution < 1.29 is 4.79 Å². The zero-order valence-corrected chi connectivity index (χ0v) is 13.4. The Hall–Kier alpha value is -2.76. The minimum atomic E-state index is 0.0469. The van der Waals surface area contributed by atoms with E-state index in [9.17, 15) is 4.79 Å². The van der Waals surface area contributed by atoms with E-state index in [1.807, 2.05) is 47.4 Å². The summed E-state index contributed by atoms with van der Waals surface area (Å²) in [6.07, 6.45) is 4.89. The Morgan fingerprint density at radius 2 is 1.79 bits per heavy atom. The van der Waals surface area contributed by atoms with Crippen molar-refractivity contribution in [3.05, 3.63) is 54.4 Å².